The van der Waals surface area contributed by atoms with Crippen LogP contribution in [0.1, 0.15) is 12.5 Å². The minimum atomic E-state index is -0.573. The molecular formula is C15H15F2NO. The molecular weight excluding hydrogens is 248 g/mol. The van der Waals surface area contributed by atoms with Crippen LogP contribution in [0.5, 0.6) is 5.75 Å². The molecule has 0 spiro atoms. The van der Waals surface area contributed by atoms with Crippen LogP contribution in [-0.4, -0.2) is 6.61 Å². The monoisotopic (exact) mass is 263 g/mol. The third-order valence-corrected chi connectivity index (χ3v) is 2.67. The smallest absolute Gasteiger partial charge is 0.142 e. The average Bonchev–Trinajstić information content (AvgIpc) is 2.40. The second kappa shape index (κ2) is 6.18. The summed E-state index contributed by atoms with van der Waals surface area (Å²) in [5.41, 5.74) is 1.20. The van der Waals surface area contributed by atoms with Crippen LogP contribution in [-0.2, 0) is 6.54 Å². The Labute approximate surface area is 111 Å². The SMILES string of the molecule is CCOc1ccccc1NCc1ccc(F)cc1F. The van der Waals surface area contributed by atoms with Crippen LogP contribution in [0, 0.1) is 11.6 Å². The summed E-state index contributed by atoms with van der Waals surface area (Å²) in [4.78, 5) is 0. The molecule has 0 saturated carbocycles. The number of hydrogen-bond acceptors (Lipinski definition) is 2. The summed E-state index contributed by atoms with van der Waals surface area (Å²) in [6, 6.07) is 11.0. The second-order valence-corrected chi connectivity index (χ2v) is 4.02. The van der Waals surface area contributed by atoms with Crippen molar-refractivity contribution >= 4 is 5.69 Å². The lowest BCUT2D eigenvalue weighted by molar-refractivity contribution is 0.341. The number of hydrogen-bond donors (Lipinski definition) is 1. The number of benzene rings is 2. The molecule has 0 atom stereocenters. The van der Waals surface area contributed by atoms with Crippen LogP contribution in [0.15, 0.2) is 42.5 Å². The van der Waals surface area contributed by atoms with Crippen molar-refractivity contribution in [1.29, 1.82) is 0 Å². The first kappa shape index (κ1) is 13.3. The first-order valence-electron chi connectivity index (χ1n) is 6.10. The molecule has 0 saturated heterocycles. The number of anilines is 1. The van der Waals surface area contributed by atoms with Crippen LogP contribution in [0.3, 0.4) is 0 Å². The van der Waals surface area contributed by atoms with Crippen LogP contribution < -0.4 is 10.1 Å². The first-order valence-corrected chi connectivity index (χ1v) is 6.10. The molecule has 4 heteroatoms. The van der Waals surface area contributed by atoms with E-state index >= 15 is 0 Å². The normalized spacial score (nSPS) is 10.3. The van der Waals surface area contributed by atoms with Crippen molar-refractivity contribution in [2.75, 3.05) is 11.9 Å². The zero-order valence-electron chi connectivity index (χ0n) is 10.6. The van der Waals surface area contributed by atoms with E-state index in [1.165, 1.54) is 12.1 Å². The van der Waals surface area contributed by atoms with Gasteiger partial charge in [0.1, 0.15) is 17.4 Å². The largest absolute Gasteiger partial charge is 0.492 e. The molecule has 0 amide bonds. The molecule has 2 aromatic carbocycles. The average molecular weight is 263 g/mol. The molecule has 0 aliphatic heterocycles. The summed E-state index contributed by atoms with van der Waals surface area (Å²) in [6.45, 7) is 2.73. The molecule has 0 unspecified atom stereocenters. The number of halogens is 2. The van der Waals surface area contributed by atoms with Crippen molar-refractivity contribution < 1.29 is 13.5 Å². The van der Waals surface area contributed by atoms with Gasteiger partial charge in [0.2, 0.25) is 0 Å². The van der Waals surface area contributed by atoms with Crippen molar-refractivity contribution in [2.45, 2.75) is 13.5 Å². The van der Waals surface area contributed by atoms with Gasteiger partial charge in [-0.3, -0.25) is 0 Å². The molecule has 0 aromatic heterocycles. The topological polar surface area (TPSA) is 21.3 Å². The third-order valence-electron chi connectivity index (χ3n) is 2.67. The van der Waals surface area contributed by atoms with Crippen molar-refractivity contribution in [3.05, 3.63) is 59.7 Å². The Bertz CT molecular complexity index is 558. The molecule has 0 heterocycles. The summed E-state index contributed by atoms with van der Waals surface area (Å²) in [5, 5.41) is 3.09. The van der Waals surface area contributed by atoms with E-state index < -0.39 is 11.6 Å². The van der Waals surface area contributed by atoms with Gasteiger partial charge < -0.3 is 10.1 Å². The maximum absolute atomic E-state index is 13.5. The highest BCUT2D eigenvalue weighted by Gasteiger charge is 2.06. The molecule has 19 heavy (non-hydrogen) atoms. The van der Waals surface area contributed by atoms with Crippen molar-refractivity contribution in [3.8, 4) is 5.75 Å². The Morgan fingerprint density at radius 2 is 1.89 bits per heavy atom. The molecule has 2 rings (SSSR count). The van der Waals surface area contributed by atoms with E-state index in [2.05, 4.69) is 5.32 Å². The van der Waals surface area contributed by atoms with Gasteiger partial charge in [0.25, 0.3) is 0 Å². The standard InChI is InChI=1S/C15H15F2NO/c1-2-19-15-6-4-3-5-14(15)18-10-11-7-8-12(16)9-13(11)17/h3-9,18H,2,10H2,1H3. The zero-order valence-corrected chi connectivity index (χ0v) is 10.6. The van der Waals surface area contributed by atoms with Gasteiger partial charge in [0.05, 0.1) is 12.3 Å². The lowest BCUT2D eigenvalue weighted by atomic mass is 10.2. The van der Waals surface area contributed by atoms with Gasteiger partial charge in [-0.15, -0.1) is 0 Å². The fourth-order valence-electron chi connectivity index (χ4n) is 1.75. The van der Waals surface area contributed by atoms with E-state index in [0.717, 1.165) is 11.8 Å². The quantitative estimate of drug-likeness (QED) is 0.881. The van der Waals surface area contributed by atoms with Crippen molar-refractivity contribution in [1.82, 2.24) is 0 Å². The van der Waals surface area contributed by atoms with Gasteiger partial charge in [-0.1, -0.05) is 18.2 Å². The Kier molecular flexibility index (Phi) is 4.34. The van der Waals surface area contributed by atoms with Crippen LogP contribution >= 0.6 is 0 Å². The Hall–Kier alpha value is -2.10. The van der Waals surface area contributed by atoms with Gasteiger partial charge in [0, 0.05) is 18.2 Å². The van der Waals surface area contributed by atoms with E-state index in [1.54, 1.807) is 0 Å². The molecule has 2 nitrogen and oxygen atoms in total. The van der Waals surface area contributed by atoms with E-state index in [1.807, 2.05) is 31.2 Å². The lowest BCUT2D eigenvalue weighted by Crippen LogP contribution is -2.04. The molecule has 2 aromatic rings. The maximum Gasteiger partial charge on any atom is 0.142 e. The van der Waals surface area contributed by atoms with E-state index in [-0.39, 0.29) is 6.54 Å². The first-order chi connectivity index (χ1) is 9.20. The van der Waals surface area contributed by atoms with E-state index in [4.69, 9.17) is 4.74 Å². The second-order valence-electron chi connectivity index (χ2n) is 4.02. The minimum absolute atomic E-state index is 0.274. The fourth-order valence-corrected chi connectivity index (χ4v) is 1.75. The lowest BCUT2D eigenvalue weighted by Gasteiger charge is -2.12. The Morgan fingerprint density at radius 3 is 2.63 bits per heavy atom. The number of rotatable bonds is 5. The summed E-state index contributed by atoms with van der Waals surface area (Å²) >= 11 is 0. The highest BCUT2D eigenvalue weighted by atomic mass is 19.1. The zero-order chi connectivity index (χ0) is 13.7. The maximum atomic E-state index is 13.5. The van der Waals surface area contributed by atoms with Gasteiger partial charge in [-0.05, 0) is 25.1 Å². The Morgan fingerprint density at radius 1 is 1.11 bits per heavy atom. The molecule has 0 fully saturated rings. The molecule has 1 N–H and O–H groups in total. The number of para-hydroxylation sites is 2. The van der Waals surface area contributed by atoms with Gasteiger partial charge in [0.15, 0.2) is 0 Å². The fraction of sp³-hybridized carbons (Fsp3) is 0.200. The molecule has 0 bridgehead atoms. The number of nitrogens with one attached hydrogen (secondary N) is 1. The van der Waals surface area contributed by atoms with Crippen molar-refractivity contribution in [3.63, 3.8) is 0 Å². The predicted octanol–water partition coefficient (Wildman–Crippen LogP) is 3.98. The summed E-state index contributed by atoms with van der Waals surface area (Å²) in [6.07, 6.45) is 0. The number of ether oxygens (including phenoxy) is 1. The van der Waals surface area contributed by atoms with E-state index in [0.29, 0.717) is 17.9 Å². The third kappa shape index (κ3) is 3.44. The van der Waals surface area contributed by atoms with Crippen LogP contribution in [0.4, 0.5) is 14.5 Å². The molecule has 0 radical (unpaired) electrons. The molecule has 0 aliphatic carbocycles. The van der Waals surface area contributed by atoms with Gasteiger partial charge in [-0.2, -0.15) is 0 Å². The predicted molar refractivity (Wildman–Crippen MR) is 71.3 cm³/mol. The van der Waals surface area contributed by atoms with Crippen LogP contribution in [0.25, 0.3) is 0 Å². The van der Waals surface area contributed by atoms with Gasteiger partial charge in [-0.25, -0.2) is 8.78 Å². The minimum Gasteiger partial charge on any atom is -0.492 e. The summed E-state index contributed by atoms with van der Waals surface area (Å²) in [7, 11) is 0. The summed E-state index contributed by atoms with van der Waals surface area (Å²) in [5.74, 6) is -0.412. The highest BCUT2D eigenvalue weighted by Crippen LogP contribution is 2.24. The van der Waals surface area contributed by atoms with Crippen molar-refractivity contribution in [2.24, 2.45) is 0 Å². The Balaban J connectivity index is 2.10. The highest BCUT2D eigenvalue weighted by molar-refractivity contribution is 5.56. The summed E-state index contributed by atoms with van der Waals surface area (Å²) < 4.78 is 31.7. The van der Waals surface area contributed by atoms with E-state index in [9.17, 15) is 8.78 Å². The van der Waals surface area contributed by atoms with Gasteiger partial charge >= 0.3 is 0 Å². The molecule has 0 aliphatic rings. The molecule has 100 valence electrons. The van der Waals surface area contributed by atoms with Crippen LogP contribution in [0.2, 0.25) is 0 Å².